The molecule has 1 aromatic heterocycles. The average molecular weight is 243 g/mol. The van der Waals surface area contributed by atoms with E-state index in [2.05, 4.69) is 34.0 Å². The molecular weight excluding hydrogens is 222 g/mol. The second-order valence-corrected chi connectivity index (χ2v) is 5.46. The summed E-state index contributed by atoms with van der Waals surface area (Å²) in [5, 5.41) is 0. The summed E-state index contributed by atoms with van der Waals surface area (Å²) in [5.41, 5.74) is 2.19. The van der Waals surface area contributed by atoms with Gasteiger partial charge in [-0.25, -0.2) is 4.98 Å². The second-order valence-electron chi connectivity index (χ2n) is 5.46. The maximum absolute atomic E-state index is 4.65. The predicted octanol–water partition coefficient (Wildman–Crippen LogP) is 3.58. The molecule has 0 saturated heterocycles. The Morgan fingerprint density at radius 3 is 2.78 bits per heavy atom. The van der Waals surface area contributed by atoms with Gasteiger partial charge in [-0.05, 0) is 30.9 Å². The smallest absolute Gasteiger partial charge is 0.203 e. The number of H-pyrrole nitrogens is 1. The quantitative estimate of drug-likeness (QED) is 0.893. The fourth-order valence-corrected chi connectivity index (χ4v) is 2.96. The first-order valence-corrected chi connectivity index (χ1v) is 6.99. The first kappa shape index (κ1) is 11.6. The Bertz CT molecular complexity index is 478. The van der Waals surface area contributed by atoms with Crippen molar-refractivity contribution in [2.75, 3.05) is 18.5 Å². The molecule has 0 spiro atoms. The van der Waals surface area contributed by atoms with E-state index in [0.717, 1.165) is 29.4 Å². The number of hydrogen-bond acceptors (Lipinski definition) is 2. The van der Waals surface area contributed by atoms with Crippen LogP contribution in [0.2, 0.25) is 0 Å². The van der Waals surface area contributed by atoms with E-state index in [1.54, 1.807) is 0 Å². The summed E-state index contributed by atoms with van der Waals surface area (Å²) >= 11 is 0. The lowest BCUT2D eigenvalue weighted by molar-refractivity contribution is 0.361. The highest BCUT2D eigenvalue weighted by Gasteiger charge is 2.17. The molecule has 0 atom stereocenters. The fraction of sp³-hybridized carbons (Fsp3) is 0.533. The zero-order valence-electron chi connectivity index (χ0n) is 11.0. The Labute approximate surface area is 108 Å². The molecule has 0 bridgehead atoms. The van der Waals surface area contributed by atoms with Crippen LogP contribution in [-0.2, 0) is 0 Å². The number of para-hydroxylation sites is 2. The predicted molar refractivity (Wildman–Crippen MR) is 75.9 cm³/mol. The summed E-state index contributed by atoms with van der Waals surface area (Å²) in [6, 6.07) is 8.23. The highest BCUT2D eigenvalue weighted by molar-refractivity contribution is 5.77. The minimum absolute atomic E-state index is 0.844. The van der Waals surface area contributed by atoms with Gasteiger partial charge in [0.15, 0.2) is 0 Å². The van der Waals surface area contributed by atoms with Crippen molar-refractivity contribution in [3.8, 4) is 0 Å². The van der Waals surface area contributed by atoms with Gasteiger partial charge >= 0.3 is 0 Å². The minimum atomic E-state index is 0.844. The monoisotopic (exact) mass is 243 g/mol. The molecule has 3 rings (SSSR count). The maximum atomic E-state index is 4.65. The Kier molecular flexibility index (Phi) is 3.22. The third kappa shape index (κ3) is 2.35. The number of hydrogen-bond donors (Lipinski definition) is 1. The van der Waals surface area contributed by atoms with Gasteiger partial charge in [0.25, 0.3) is 0 Å². The zero-order chi connectivity index (χ0) is 12.4. The first-order chi connectivity index (χ1) is 8.83. The normalized spacial score (nSPS) is 17.2. The van der Waals surface area contributed by atoms with E-state index in [0.29, 0.717) is 0 Å². The van der Waals surface area contributed by atoms with Crippen LogP contribution in [0.3, 0.4) is 0 Å². The van der Waals surface area contributed by atoms with Crippen LogP contribution < -0.4 is 4.90 Å². The molecule has 0 aliphatic heterocycles. The van der Waals surface area contributed by atoms with Crippen molar-refractivity contribution in [3.63, 3.8) is 0 Å². The summed E-state index contributed by atoms with van der Waals surface area (Å²) in [5.74, 6) is 1.85. The third-order valence-corrected chi connectivity index (χ3v) is 4.00. The van der Waals surface area contributed by atoms with Crippen LogP contribution in [0, 0.1) is 5.92 Å². The number of imidazole rings is 1. The molecule has 1 saturated carbocycles. The molecule has 0 amide bonds. The van der Waals surface area contributed by atoms with Crippen LogP contribution >= 0.6 is 0 Å². The van der Waals surface area contributed by atoms with Gasteiger partial charge in [-0.15, -0.1) is 0 Å². The maximum Gasteiger partial charge on any atom is 0.203 e. The van der Waals surface area contributed by atoms with Crippen LogP contribution in [0.25, 0.3) is 11.0 Å². The number of fused-ring (bicyclic) bond motifs is 1. The third-order valence-electron chi connectivity index (χ3n) is 4.00. The van der Waals surface area contributed by atoms with Crippen LogP contribution in [0.1, 0.15) is 32.1 Å². The molecule has 1 aliphatic carbocycles. The van der Waals surface area contributed by atoms with E-state index in [-0.39, 0.29) is 0 Å². The number of anilines is 1. The molecule has 1 aromatic carbocycles. The van der Waals surface area contributed by atoms with Crippen molar-refractivity contribution in [2.24, 2.45) is 5.92 Å². The molecule has 3 heteroatoms. The molecule has 1 fully saturated rings. The van der Waals surface area contributed by atoms with Gasteiger partial charge in [0, 0.05) is 13.6 Å². The summed E-state index contributed by atoms with van der Waals surface area (Å²) in [6.07, 6.45) is 6.98. The van der Waals surface area contributed by atoms with Gasteiger partial charge < -0.3 is 9.88 Å². The highest BCUT2D eigenvalue weighted by atomic mass is 15.2. The summed E-state index contributed by atoms with van der Waals surface area (Å²) in [6.45, 7) is 1.12. The number of nitrogens with zero attached hydrogens (tertiary/aromatic N) is 2. The number of aromatic nitrogens is 2. The van der Waals surface area contributed by atoms with Gasteiger partial charge in [0.2, 0.25) is 5.95 Å². The highest BCUT2D eigenvalue weighted by Crippen LogP contribution is 2.25. The van der Waals surface area contributed by atoms with Gasteiger partial charge in [-0.2, -0.15) is 0 Å². The molecule has 1 N–H and O–H groups in total. The van der Waals surface area contributed by atoms with Crippen molar-refractivity contribution in [2.45, 2.75) is 32.1 Å². The van der Waals surface area contributed by atoms with Crippen molar-refractivity contribution < 1.29 is 0 Å². The number of benzene rings is 1. The Hall–Kier alpha value is -1.51. The SMILES string of the molecule is CN(CC1CCCCC1)c1nc2ccccc2[nH]1. The first-order valence-electron chi connectivity index (χ1n) is 6.99. The summed E-state index contributed by atoms with van der Waals surface area (Å²) < 4.78 is 0. The fourth-order valence-electron chi connectivity index (χ4n) is 2.96. The van der Waals surface area contributed by atoms with Crippen LogP contribution in [0.5, 0.6) is 0 Å². The molecule has 0 unspecified atom stereocenters. The van der Waals surface area contributed by atoms with Gasteiger partial charge in [0.1, 0.15) is 0 Å². The lowest BCUT2D eigenvalue weighted by Crippen LogP contribution is -2.27. The van der Waals surface area contributed by atoms with E-state index in [1.807, 2.05) is 12.1 Å². The molecular formula is C15H21N3. The standard InChI is InChI=1S/C15H21N3/c1-18(11-12-7-3-2-4-8-12)15-16-13-9-5-6-10-14(13)17-15/h5-6,9-10,12H,2-4,7-8,11H2,1H3,(H,16,17). The van der Waals surface area contributed by atoms with Crippen LogP contribution in [-0.4, -0.2) is 23.6 Å². The van der Waals surface area contributed by atoms with E-state index in [9.17, 15) is 0 Å². The molecule has 1 heterocycles. The summed E-state index contributed by atoms with van der Waals surface area (Å²) in [4.78, 5) is 10.3. The lowest BCUT2D eigenvalue weighted by atomic mass is 9.89. The van der Waals surface area contributed by atoms with E-state index < -0.39 is 0 Å². The van der Waals surface area contributed by atoms with Crippen molar-refractivity contribution in [3.05, 3.63) is 24.3 Å². The van der Waals surface area contributed by atoms with Gasteiger partial charge in [-0.1, -0.05) is 31.4 Å². The Morgan fingerprint density at radius 2 is 2.00 bits per heavy atom. The minimum Gasteiger partial charge on any atom is -0.345 e. The van der Waals surface area contributed by atoms with E-state index in [4.69, 9.17) is 0 Å². The molecule has 0 radical (unpaired) electrons. The van der Waals surface area contributed by atoms with E-state index >= 15 is 0 Å². The van der Waals surface area contributed by atoms with Crippen LogP contribution in [0.15, 0.2) is 24.3 Å². The lowest BCUT2D eigenvalue weighted by Gasteiger charge is -2.26. The Balaban J connectivity index is 1.72. The largest absolute Gasteiger partial charge is 0.345 e. The molecule has 2 aromatic rings. The zero-order valence-corrected chi connectivity index (χ0v) is 11.0. The Morgan fingerprint density at radius 1 is 1.22 bits per heavy atom. The van der Waals surface area contributed by atoms with Crippen molar-refractivity contribution in [1.82, 2.24) is 9.97 Å². The number of nitrogens with one attached hydrogen (secondary N) is 1. The average Bonchev–Trinajstić information content (AvgIpc) is 2.84. The number of rotatable bonds is 3. The second kappa shape index (κ2) is 5.01. The molecule has 18 heavy (non-hydrogen) atoms. The molecule has 3 nitrogen and oxygen atoms in total. The van der Waals surface area contributed by atoms with Gasteiger partial charge in [-0.3, -0.25) is 0 Å². The summed E-state index contributed by atoms with van der Waals surface area (Å²) in [7, 11) is 2.15. The van der Waals surface area contributed by atoms with Crippen LogP contribution in [0.4, 0.5) is 5.95 Å². The molecule has 1 aliphatic rings. The number of aromatic amines is 1. The van der Waals surface area contributed by atoms with Crippen molar-refractivity contribution in [1.29, 1.82) is 0 Å². The van der Waals surface area contributed by atoms with Gasteiger partial charge in [0.05, 0.1) is 11.0 Å². The van der Waals surface area contributed by atoms with Crippen molar-refractivity contribution >= 4 is 17.0 Å². The molecule has 96 valence electrons. The topological polar surface area (TPSA) is 31.9 Å². The van der Waals surface area contributed by atoms with E-state index in [1.165, 1.54) is 32.1 Å².